The van der Waals surface area contributed by atoms with Gasteiger partial charge in [-0.1, -0.05) is 11.6 Å². The molecule has 0 bridgehead atoms. The highest BCUT2D eigenvalue weighted by molar-refractivity contribution is 6.33. The second-order valence-electron chi connectivity index (χ2n) is 4.94. The molecule has 0 aromatic carbocycles. The molecule has 0 aliphatic carbocycles. The van der Waals surface area contributed by atoms with Gasteiger partial charge in [0, 0.05) is 20.1 Å². The fraction of sp³-hybridized carbons (Fsp3) is 0.571. The number of hydrogen-bond donors (Lipinski definition) is 1. The molecule has 112 valence electrons. The van der Waals surface area contributed by atoms with Crippen LogP contribution in [-0.2, 0) is 0 Å². The molecule has 0 radical (unpaired) electrons. The normalized spacial score (nSPS) is 10.7. The number of nitrogens with one attached hydrogen (secondary N) is 1. The van der Waals surface area contributed by atoms with E-state index in [9.17, 15) is 4.79 Å². The minimum Gasteiger partial charge on any atom is -0.370 e. The highest BCUT2D eigenvalue weighted by Crippen LogP contribution is 2.18. The number of hydrogen-bond acceptors (Lipinski definition) is 4. The molecule has 0 atom stereocenters. The molecule has 1 aromatic rings. The number of anilines is 1. The molecular formula is C14H23ClN4O. The Bertz CT molecular complexity index is 451. The van der Waals surface area contributed by atoms with E-state index in [0.717, 1.165) is 19.5 Å². The number of pyridine rings is 1. The molecule has 1 aromatic heterocycles. The number of carbonyl (C=O) groups is 1. The van der Waals surface area contributed by atoms with E-state index in [4.69, 9.17) is 11.6 Å². The third kappa shape index (κ3) is 4.98. The van der Waals surface area contributed by atoms with Crippen molar-refractivity contribution in [3.63, 3.8) is 0 Å². The van der Waals surface area contributed by atoms with E-state index in [1.807, 2.05) is 21.0 Å². The van der Waals surface area contributed by atoms with Crippen LogP contribution in [-0.4, -0.2) is 61.5 Å². The Hall–Kier alpha value is -1.33. The van der Waals surface area contributed by atoms with Crippen molar-refractivity contribution in [1.82, 2.24) is 14.8 Å². The molecule has 1 rings (SSSR count). The van der Waals surface area contributed by atoms with Crippen molar-refractivity contribution in [2.45, 2.75) is 13.3 Å². The van der Waals surface area contributed by atoms with Gasteiger partial charge in [-0.3, -0.25) is 4.79 Å². The summed E-state index contributed by atoms with van der Waals surface area (Å²) in [6, 6.07) is 3.47. The molecule has 0 aliphatic heterocycles. The maximum absolute atomic E-state index is 12.3. The summed E-state index contributed by atoms with van der Waals surface area (Å²) >= 11 is 6.07. The number of amides is 1. The molecule has 6 heteroatoms. The van der Waals surface area contributed by atoms with Crippen molar-refractivity contribution in [2.24, 2.45) is 0 Å². The first-order valence-corrected chi connectivity index (χ1v) is 7.14. The van der Waals surface area contributed by atoms with E-state index < -0.39 is 0 Å². The van der Waals surface area contributed by atoms with Crippen molar-refractivity contribution >= 4 is 23.3 Å². The van der Waals surface area contributed by atoms with Gasteiger partial charge in [0.1, 0.15) is 11.5 Å². The minimum atomic E-state index is -0.145. The minimum absolute atomic E-state index is 0.145. The van der Waals surface area contributed by atoms with Crippen molar-refractivity contribution in [3.05, 3.63) is 22.8 Å². The van der Waals surface area contributed by atoms with Crippen LogP contribution in [0.1, 0.15) is 23.8 Å². The highest BCUT2D eigenvalue weighted by Gasteiger charge is 2.17. The third-order valence-corrected chi connectivity index (χ3v) is 3.16. The van der Waals surface area contributed by atoms with Crippen LogP contribution in [0.2, 0.25) is 5.02 Å². The lowest BCUT2D eigenvalue weighted by Gasteiger charge is -2.19. The summed E-state index contributed by atoms with van der Waals surface area (Å²) in [4.78, 5) is 20.4. The standard InChI is InChI=1S/C14H23ClN4O/c1-5-16-12-8-7-11(15)13(17-12)14(20)19(4)10-6-9-18(2)3/h7-8H,5-6,9-10H2,1-4H3,(H,16,17). The van der Waals surface area contributed by atoms with Crippen LogP contribution in [0.4, 0.5) is 5.82 Å². The first-order valence-electron chi connectivity index (χ1n) is 6.76. The molecule has 20 heavy (non-hydrogen) atoms. The zero-order valence-electron chi connectivity index (χ0n) is 12.6. The number of rotatable bonds is 7. The fourth-order valence-corrected chi connectivity index (χ4v) is 1.96. The molecular weight excluding hydrogens is 276 g/mol. The lowest BCUT2D eigenvalue weighted by atomic mass is 10.3. The smallest absolute Gasteiger partial charge is 0.273 e. The van der Waals surface area contributed by atoms with Gasteiger partial charge in [0.2, 0.25) is 0 Å². The predicted molar refractivity (Wildman–Crippen MR) is 83.5 cm³/mol. The number of aromatic nitrogens is 1. The van der Waals surface area contributed by atoms with Gasteiger partial charge in [0.15, 0.2) is 0 Å². The maximum atomic E-state index is 12.3. The molecule has 0 aliphatic rings. The largest absolute Gasteiger partial charge is 0.370 e. The molecule has 1 amide bonds. The van der Waals surface area contributed by atoms with Gasteiger partial charge in [0.25, 0.3) is 5.91 Å². The topological polar surface area (TPSA) is 48.5 Å². The van der Waals surface area contributed by atoms with Crippen molar-refractivity contribution < 1.29 is 4.79 Å². The van der Waals surface area contributed by atoms with Gasteiger partial charge in [-0.15, -0.1) is 0 Å². The van der Waals surface area contributed by atoms with Gasteiger partial charge in [-0.25, -0.2) is 4.98 Å². The number of carbonyl (C=O) groups excluding carboxylic acids is 1. The average Bonchev–Trinajstić information content (AvgIpc) is 2.40. The Balaban J connectivity index is 2.72. The first kappa shape index (κ1) is 16.7. The average molecular weight is 299 g/mol. The Morgan fingerprint density at radius 1 is 1.30 bits per heavy atom. The van der Waals surface area contributed by atoms with E-state index in [1.54, 1.807) is 24.1 Å². The molecule has 0 unspecified atom stereocenters. The highest BCUT2D eigenvalue weighted by atomic mass is 35.5. The van der Waals surface area contributed by atoms with Crippen LogP contribution >= 0.6 is 11.6 Å². The van der Waals surface area contributed by atoms with Crippen LogP contribution in [0.15, 0.2) is 12.1 Å². The van der Waals surface area contributed by atoms with Gasteiger partial charge < -0.3 is 15.1 Å². The summed E-state index contributed by atoms with van der Waals surface area (Å²) in [5.41, 5.74) is 0.303. The van der Waals surface area contributed by atoms with E-state index >= 15 is 0 Å². The van der Waals surface area contributed by atoms with Crippen LogP contribution < -0.4 is 5.32 Å². The summed E-state index contributed by atoms with van der Waals surface area (Å²) in [6.45, 7) is 4.35. The van der Waals surface area contributed by atoms with Crippen LogP contribution in [0, 0.1) is 0 Å². The van der Waals surface area contributed by atoms with Crippen LogP contribution in [0.5, 0.6) is 0 Å². The summed E-state index contributed by atoms with van der Waals surface area (Å²) in [5.74, 6) is 0.524. The van der Waals surface area contributed by atoms with Crippen molar-refractivity contribution in [3.8, 4) is 0 Å². The Morgan fingerprint density at radius 2 is 2.00 bits per heavy atom. The lowest BCUT2D eigenvalue weighted by Crippen LogP contribution is -2.30. The summed E-state index contributed by atoms with van der Waals surface area (Å²) in [7, 11) is 5.80. The monoisotopic (exact) mass is 298 g/mol. The quantitative estimate of drug-likeness (QED) is 0.838. The first-order chi connectivity index (χ1) is 9.45. The molecule has 0 saturated heterocycles. The summed E-state index contributed by atoms with van der Waals surface area (Å²) < 4.78 is 0. The van der Waals surface area contributed by atoms with E-state index in [-0.39, 0.29) is 5.91 Å². The number of nitrogens with zero attached hydrogens (tertiary/aromatic N) is 3. The SMILES string of the molecule is CCNc1ccc(Cl)c(C(=O)N(C)CCCN(C)C)n1. The fourth-order valence-electron chi connectivity index (χ4n) is 1.78. The van der Waals surface area contributed by atoms with Crippen molar-refractivity contribution in [2.75, 3.05) is 46.1 Å². The lowest BCUT2D eigenvalue weighted by molar-refractivity contribution is 0.0785. The number of halogens is 1. The van der Waals surface area contributed by atoms with Gasteiger partial charge >= 0.3 is 0 Å². The predicted octanol–water partition coefficient (Wildman–Crippen LogP) is 2.19. The Labute approximate surface area is 125 Å². The summed E-state index contributed by atoms with van der Waals surface area (Å²) in [6.07, 6.45) is 0.916. The van der Waals surface area contributed by atoms with E-state index in [1.165, 1.54) is 0 Å². The van der Waals surface area contributed by atoms with Gasteiger partial charge in [0.05, 0.1) is 5.02 Å². The van der Waals surface area contributed by atoms with E-state index in [0.29, 0.717) is 23.1 Å². The second kappa shape index (κ2) is 8.07. The van der Waals surface area contributed by atoms with Gasteiger partial charge in [-0.2, -0.15) is 0 Å². The Morgan fingerprint density at radius 3 is 2.60 bits per heavy atom. The molecule has 0 saturated carbocycles. The second-order valence-corrected chi connectivity index (χ2v) is 5.35. The van der Waals surface area contributed by atoms with Crippen LogP contribution in [0.3, 0.4) is 0 Å². The maximum Gasteiger partial charge on any atom is 0.273 e. The summed E-state index contributed by atoms with van der Waals surface area (Å²) in [5, 5.41) is 3.47. The molecule has 1 N–H and O–H groups in total. The Kier molecular flexibility index (Phi) is 6.75. The molecule has 0 spiro atoms. The zero-order valence-corrected chi connectivity index (χ0v) is 13.4. The van der Waals surface area contributed by atoms with Gasteiger partial charge in [-0.05, 0) is 46.1 Å². The molecule has 0 fully saturated rings. The van der Waals surface area contributed by atoms with E-state index in [2.05, 4.69) is 15.2 Å². The van der Waals surface area contributed by atoms with Crippen LogP contribution in [0.25, 0.3) is 0 Å². The zero-order chi connectivity index (χ0) is 15.1. The molecule has 1 heterocycles. The van der Waals surface area contributed by atoms with Crippen molar-refractivity contribution in [1.29, 1.82) is 0 Å². The molecule has 5 nitrogen and oxygen atoms in total. The third-order valence-electron chi connectivity index (χ3n) is 2.85.